The van der Waals surface area contributed by atoms with Gasteiger partial charge in [0.1, 0.15) is 12.4 Å². The second-order valence-corrected chi connectivity index (χ2v) is 5.96. The van der Waals surface area contributed by atoms with Crippen LogP contribution in [0.1, 0.15) is 18.1 Å². The van der Waals surface area contributed by atoms with Gasteiger partial charge in [-0.3, -0.25) is 4.79 Å². The second-order valence-electron chi connectivity index (χ2n) is 5.96. The first kappa shape index (κ1) is 21.1. The first-order valence-electron chi connectivity index (χ1n) is 7.67. The lowest BCUT2D eigenvalue weighted by molar-refractivity contribution is -0.138. The Bertz CT molecular complexity index is 936. The molecule has 0 heterocycles. The number of nitriles is 1. The summed E-state index contributed by atoms with van der Waals surface area (Å²) >= 11 is 0. The highest BCUT2D eigenvalue weighted by Crippen LogP contribution is 2.33. The van der Waals surface area contributed by atoms with Gasteiger partial charge in [0, 0.05) is 11.8 Å². The molecule has 1 unspecified atom stereocenters. The maximum atomic E-state index is 13.5. The van der Waals surface area contributed by atoms with Gasteiger partial charge in [-0.05, 0) is 37.3 Å². The van der Waals surface area contributed by atoms with Gasteiger partial charge in [0.25, 0.3) is 5.91 Å². The number of hydrogen-bond acceptors (Lipinski definition) is 4. The van der Waals surface area contributed by atoms with E-state index in [1.54, 1.807) is 0 Å². The number of nitrogens with zero attached hydrogens (tertiary/aromatic N) is 1. The van der Waals surface area contributed by atoms with E-state index >= 15 is 0 Å². The molecule has 2 aromatic rings. The first-order chi connectivity index (χ1) is 12.9. The van der Waals surface area contributed by atoms with Crippen LogP contribution in [0.3, 0.4) is 0 Å². The van der Waals surface area contributed by atoms with Crippen molar-refractivity contribution in [1.82, 2.24) is 0 Å². The van der Waals surface area contributed by atoms with Crippen molar-refractivity contribution in [1.29, 1.82) is 5.26 Å². The molecular formula is C18H13F5N2O3. The predicted molar refractivity (Wildman–Crippen MR) is 87.3 cm³/mol. The summed E-state index contributed by atoms with van der Waals surface area (Å²) in [7, 11) is 0. The van der Waals surface area contributed by atoms with E-state index < -0.39 is 52.8 Å². The maximum absolute atomic E-state index is 13.5. The fraction of sp³-hybridized carbons (Fsp3) is 0.222. The summed E-state index contributed by atoms with van der Waals surface area (Å²) in [5.41, 5.74) is -4.46. The standard InChI is InChI=1S/C18H13F5N2O3/c1-17(27,9-28-15-5-3-11(19)6-14(15)20)16(26)25-12-4-2-10(8-24)13(7-12)18(21,22)23/h2-7,27H,9H2,1H3,(H,25,26). The van der Waals surface area contributed by atoms with E-state index in [4.69, 9.17) is 10.00 Å². The molecule has 0 fully saturated rings. The SMILES string of the molecule is CC(O)(COc1ccc(F)cc1F)C(=O)Nc1ccc(C#N)c(C(F)(F)F)c1. The number of nitrogens with one attached hydrogen (secondary N) is 1. The van der Waals surface area contributed by atoms with E-state index in [0.717, 1.165) is 31.2 Å². The van der Waals surface area contributed by atoms with Gasteiger partial charge in [0.2, 0.25) is 0 Å². The number of hydrogen-bond donors (Lipinski definition) is 2. The minimum absolute atomic E-state index is 0.315. The van der Waals surface area contributed by atoms with E-state index in [0.29, 0.717) is 12.1 Å². The van der Waals surface area contributed by atoms with Crippen LogP contribution in [0.25, 0.3) is 0 Å². The van der Waals surface area contributed by atoms with E-state index in [-0.39, 0.29) is 5.69 Å². The molecule has 0 radical (unpaired) electrons. The zero-order valence-corrected chi connectivity index (χ0v) is 14.3. The van der Waals surface area contributed by atoms with Gasteiger partial charge >= 0.3 is 6.18 Å². The third kappa shape index (κ3) is 4.95. The molecule has 2 aromatic carbocycles. The lowest BCUT2D eigenvalue weighted by atomic mass is 10.1. The Morgan fingerprint density at radius 3 is 2.46 bits per heavy atom. The Balaban J connectivity index is 2.13. The molecule has 0 spiro atoms. The van der Waals surface area contributed by atoms with Crippen molar-refractivity contribution >= 4 is 11.6 Å². The monoisotopic (exact) mass is 400 g/mol. The summed E-state index contributed by atoms with van der Waals surface area (Å²) < 4.78 is 70.2. The molecule has 0 saturated carbocycles. The molecule has 0 bridgehead atoms. The molecule has 0 aliphatic carbocycles. The fourth-order valence-electron chi connectivity index (χ4n) is 2.10. The van der Waals surface area contributed by atoms with Gasteiger partial charge in [-0.15, -0.1) is 0 Å². The van der Waals surface area contributed by atoms with E-state index in [1.807, 2.05) is 0 Å². The molecule has 10 heteroatoms. The number of aliphatic hydroxyl groups is 1. The van der Waals surface area contributed by atoms with E-state index in [9.17, 15) is 31.9 Å². The summed E-state index contributed by atoms with van der Waals surface area (Å²) in [6.07, 6.45) is -4.82. The minimum atomic E-state index is -4.82. The number of benzene rings is 2. The zero-order valence-electron chi connectivity index (χ0n) is 14.3. The average molecular weight is 400 g/mol. The molecule has 1 atom stereocenters. The van der Waals surface area contributed by atoms with Crippen molar-refractivity contribution in [3.63, 3.8) is 0 Å². The third-order valence-corrected chi connectivity index (χ3v) is 3.60. The van der Waals surface area contributed by atoms with Crippen molar-refractivity contribution in [3.05, 3.63) is 59.2 Å². The molecule has 0 aromatic heterocycles. The van der Waals surface area contributed by atoms with Gasteiger partial charge in [-0.1, -0.05) is 0 Å². The molecular weight excluding hydrogens is 387 g/mol. The maximum Gasteiger partial charge on any atom is 0.417 e. The quantitative estimate of drug-likeness (QED) is 0.751. The molecule has 1 amide bonds. The van der Waals surface area contributed by atoms with Crippen LogP contribution in [0.5, 0.6) is 5.75 Å². The number of amides is 1. The number of anilines is 1. The topological polar surface area (TPSA) is 82.3 Å². The Morgan fingerprint density at radius 2 is 1.89 bits per heavy atom. The van der Waals surface area contributed by atoms with Crippen LogP contribution in [0.2, 0.25) is 0 Å². The Morgan fingerprint density at radius 1 is 1.21 bits per heavy atom. The highest BCUT2D eigenvalue weighted by molar-refractivity contribution is 5.97. The van der Waals surface area contributed by atoms with Gasteiger partial charge in [0.05, 0.1) is 17.2 Å². The Kier molecular flexibility index (Phi) is 5.89. The molecule has 28 heavy (non-hydrogen) atoms. The smallest absolute Gasteiger partial charge is 0.417 e. The summed E-state index contributed by atoms with van der Waals surface area (Å²) in [6.45, 7) is 0.238. The van der Waals surface area contributed by atoms with Crippen molar-refractivity contribution in [3.8, 4) is 11.8 Å². The Labute approximate surface area is 156 Å². The van der Waals surface area contributed by atoms with Crippen LogP contribution in [-0.4, -0.2) is 23.2 Å². The molecule has 5 nitrogen and oxygen atoms in total. The van der Waals surface area contributed by atoms with Gasteiger partial charge in [0.15, 0.2) is 17.2 Å². The van der Waals surface area contributed by atoms with Crippen LogP contribution in [0, 0.1) is 23.0 Å². The van der Waals surface area contributed by atoms with Crippen LogP contribution in [0.4, 0.5) is 27.6 Å². The summed E-state index contributed by atoms with van der Waals surface area (Å²) in [4.78, 5) is 12.2. The van der Waals surface area contributed by atoms with Crippen LogP contribution < -0.4 is 10.1 Å². The molecule has 2 N–H and O–H groups in total. The van der Waals surface area contributed by atoms with Gasteiger partial charge < -0.3 is 15.2 Å². The highest BCUT2D eigenvalue weighted by atomic mass is 19.4. The number of carbonyl (C=O) groups is 1. The molecule has 0 aliphatic rings. The Hall–Kier alpha value is -3.19. The van der Waals surface area contributed by atoms with Crippen molar-refractivity contribution in [2.75, 3.05) is 11.9 Å². The lowest BCUT2D eigenvalue weighted by Crippen LogP contribution is -2.45. The number of rotatable bonds is 5. The van der Waals surface area contributed by atoms with Gasteiger partial charge in [-0.25, -0.2) is 8.78 Å². The summed E-state index contributed by atoms with van der Waals surface area (Å²) in [5, 5.41) is 21.0. The molecule has 0 saturated heterocycles. The number of halogens is 5. The number of alkyl halides is 3. The van der Waals surface area contributed by atoms with E-state index in [2.05, 4.69) is 5.32 Å². The van der Waals surface area contributed by atoms with Crippen molar-refractivity contribution in [2.24, 2.45) is 0 Å². The minimum Gasteiger partial charge on any atom is -0.487 e. The van der Waals surface area contributed by atoms with Crippen LogP contribution >= 0.6 is 0 Å². The zero-order chi connectivity index (χ0) is 21.1. The average Bonchev–Trinajstić information content (AvgIpc) is 2.60. The summed E-state index contributed by atoms with van der Waals surface area (Å²) in [5.74, 6) is -3.46. The fourth-order valence-corrected chi connectivity index (χ4v) is 2.10. The number of carbonyl (C=O) groups excluding carboxylic acids is 1. The molecule has 0 aliphatic heterocycles. The normalized spacial score (nSPS) is 13.4. The van der Waals surface area contributed by atoms with Crippen LogP contribution in [0.15, 0.2) is 36.4 Å². The lowest BCUT2D eigenvalue weighted by Gasteiger charge is -2.23. The highest BCUT2D eigenvalue weighted by Gasteiger charge is 2.35. The predicted octanol–water partition coefficient (Wildman–Crippen LogP) is 3.62. The largest absolute Gasteiger partial charge is 0.487 e. The van der Waals surface area contributed by atoms with Gasteiger partial charge in [-0.2, -0.15) is 18.4 Å². The number of ether oxygens (including phenoxy) is 1. The summed E-state index contributed by atoms with van der Waals surface area (Å²) in [6, 6.07) is 6.28. The third-order valence-electron chi connectivity index (χ3n) is 3.60. The first-order valence-corrected chi connectivity index (χ1v) is 7.67. The van der Waals surface area contributed by atoms with Crippen molar-refractivity contribution < 1.29 is 36.6 Å². The molecule has 2 rings (SSSR count). The molecule has 148 valence electrons. The van der Waals surface area contributed by atoms with E-state index in [1.165, 1.54) is 6.07 Å². The second kappa shape index (κ2) is 7.82. The van der Waals surface area contributed by atoms with Crippen molar-refractivity contribution in [2.45, 2.75) is 18.7 Å². The van der Waals surface area contributed by atoms with Crippen LogP contribution in [-0.2, 0) is 11.0 Å².